The first-order chi connectivity index (χ1) is 42.2. The molecule has 0 aromatic heterocycles. The average molecular weight is 1300 g/mol. The number of ether oxygens (including phenoxy) is 5. The van der Waals surface area contributed by atoms with Crippen LogP contribution in [-0.4, -0.2) is 241 Å². The second-order valence-corrected chi connectivity index (χ2v) is 35.5. The van der Waals surface area contributed by atoms with E-state index >= 15 is 9.59 Å². The number of nitrogens with one attached hydrogen (secondary N) is 1. The van der Waals surface area contributed by atoms with Gasteiger partial charge in [-0.1, -0.05) is 34.6 Å². The molecular weight excluding hydrogens is 1160 g/mol. The lowest BCUT2D eigenvalue weighted by molar-refractivity contribution is -0.913. The quantitative estimate of drug-likeness (QED) is 0.0302. The van der Waals surface area contributed by atoms with E-state index in [1.165, 1.54) is 0 Å². The van der Waals surface area contributed by atoms with E-state index in [9.17, 15) is 14.4 Å². The Bertz CT molecular complexity index is 2220. The molecule has 1 N–H and O–H groups in total. The monoisotopic (exact) mass is 1300 g/mol. The van der Waals surface area contributed by atoms with Gasteiger partial charge in [0.25, 0.3) is 0 Å². The predicted octanol–water partition coefficient (Wildman–Crippen LogP) is 11.6. The van der Waals surface area contributed by atoms with Gasteiger partial charge in [0.2, 0.25) is 0 Å². The van der Waals surface area contributed by atoms with Crippen LogP contribution < -0.4 is 5.32 Å². The van der Waals surface area contributed by atoms with Crippen molar-refractivity contribution in [2.75, 3.05) is 91.6 Å². The highest BCUT2D eigenvalue weighted by atomic mass is 16.6. The number of hydrogen-bond acceptors (Lipinski definition) is 17. The third kappa shape index (κ3) is 21.3. The highest BCUT2D eigenvalue weighted by Crippen LogP contribution is 2.45. The van der Waals surface area contributed by atoms with Crippen molar-refractivity contribution < 1.29 is 52.1 Å². The number of likely N-dealkylation sites (tertiary alicyclic amines) is 5. The lowest BCUT2D eigenvalue weighted by atomic mass is 9.78. The number of esters is 5. The second kappa shape index (κ2) is 31.3. The van der Waals surface area contributed by atoms with Gasteiger partial charge in [0, 0.05) is 133 Å². The molecule has 0 amide bonds. The zero-order chi connectivity index (χ0) is 69.5. The molecule has 5 aliphatic rings. The van der Waals surface area contributed by atoms with Crippen molar-refractivity contribution in [2.45, 2.75) is 355 Å². The average Bonchev–Trinajstić information content (AvgIpc) is 0.809. The Morgan fingerprint density at radius 2 is 0.565 bits per heavy atom. The third-order valence-electron chi connectivity index (χ3n) is 21.9. The zero-order valence-corrected chi connectivity index (χ0v) is 63.6. The molecule has 5 heterocycles. The Morgan fingerprint density at radius 3 is 0.793 bits per heavy atom. The van der Waals surface area contributed by atoms with Crippen LogP contribution in [0.2, 0.25) is 0 Å². The minimum atomic E-state index is -0.451. The van der Waals surface area contributed by atoms with Crippen LogP contribution in [0.5, 0.6) is 0 Å². The SMILES string of the molecule is CCCN1C(C)(C)CC(OC(=O)CNCC[N+](CCN(CC(=O)OC2CC(C)(C)N(CCC)C(C)(C)C2)CC(=O)OC2CC(C)(C)N(CCC)C(C)(C)C2)(CC(=O)OC2CC(C)(C)N(CCC)C(C)(C)C2)CC(=O)OC2CC(C)(C)N(CCC)C(C)(C)C2)CC1(C)C. The molecule has 18 nitrogen and oxygen atoms in total. The van der Waals surface area contributed by atoms with Gasteiger partial charge in [-0.3, -0.25) is 43.8 Å². The van der Waals surface area contributed by atoms with Crippen molar-refractivity contribution in [3.05, 3.63) is 0 Å². The van der Waals surface area contributed by atoms with E-state index in [0.717, 1.165) is 64.8 Å². The third-order valence-corrected chi connectivity index (χ3v) is 21.9. The molecule has 0 aromatic carbocycles. The fourth-order valence-electron chi connectivity index (χ4n) is 19.3. The summed E-state index contributed by atoms with van der Waals surface area (Å²) in [7, 11) is 0. The molecule has 5 saturated heterocycles. The molecule has 0 radical (unpaired) electrons. The largest absolute Gasteiger partial charge is 0.461 e. The van der Waals surface area contributed by atoms with Crippen LogP contribution in [0.1, 0.15) is 269 Å². The number of carbonyl (C=O) groups excluding carboxylic acids is 5. The van der Waals surface area contributed by atoms with Gasteiger partial charge in [-0.2, -0.15) is 0 Å². The van der Waals surface area contributed by atoms with Gasteiger partial charge in [-0.25, -0.2) is 9.59 Å². The highest BCUT2D eigenvalue weighted by molar-refractivity contribution is 5.76. The van der Waals surface area contributed by atoms with E-state index in [0.29, 0.717) is 64.2 Å². The lowest BCUT2D eigenvalue weighted by Gasteiger charge is -2.55. The molecule has 0 saturated carbocycles. The van der Waals surface area contributed by atoms with Gasteiger partial charge in [-0.05, 0) is 203 Å². The van der Waals surface area contributed by atoms with E-state index in [1.54, 1.807) is 4.90 Å². The van der Waals surface area contributed by atoms with Crippen LogP contribution in [0.25, 0.3) is 0 Å². The summed E-state index contributed by atoms with van der Waals surface area (Å²) in [5.41, 5.74) is -2.33. The van der Waals surface area contributed by atoms with Crippen molar-refractivity contribution in [3.63, 3.8) is 0 Å². The second-order valence-electron chi connectivity index (χ2n) is 35.5. The Kier molecular flexibility index (Phi) is 27.1. The van der Waals surface area contributed by atoms with Crippen molar-refractivity contribution in [1.82, 2.24) is 34.7 Å². The Labute approximate surface area is 561 Å². The summed E-state index contributed by atoms with van der Waals surface area (Å²) in [5.74, 6) is -2.16. The fraction of sp³-hybridized carbons (Fsp3) is 0.932. The molecule has 0 aliphatic carbocycles. The van der Waals surface area contributed by atoms with Crippen LogP contribution in [0.3, 0.4) is 0 Å². The van der Waals surface area contributed by atoms with Gasteiger partial charge >= 0.3 is 29.8 Å². The molecule has 0 atom stereocenters. The maximum absolute atomic E-state index is 15.2. The molecule has 5 fully saturated rings. The first-order valence-electron chi connectivity index (χ1n) is 36.4. The molecule has 5 aliphatic heterocycles. The summed E-state index contributed by atoms with van der Waals surface area (Å²) >= 11 is 0. The van der Waals surface area contributed by atoms with Crippen LogP contribution >= 0.6 is 0 Å². The Morgan fingerprint density at radius 1 is 0.348 bits per heavy atom. The van der Waals surface area contributed by atoms with Crippen molar-refractivity contribution in [1.29, 1.82) is 0 Å². The summed E-state index contributed by atoms with van der Waals surface area (Å²) in [6, 6.07) is 0. The molecule has 0 spiro atoms. The summed E-state index contributed by atoms with van der Waals surface area (Å²) < 4.78 is 32.5. The topological polar surface area (TPSA) is 163 Å². The fourth-order valence-corrected chi connectivity index (χ4v) is 19.3. The van der Waals surface area contributed by atoms with Crippen LogP contribution in [0, 0.1) is 0 Å². The van der Waals surface area contributed by atoms with Crippen LogP contribution in [0.15, 0.2) is 0 Å². The molecule has 18 heteroatoms. The summed E-state index contributed by atoms with van der Waals surface area (Å²) in [6.45, 7) is 59.9. The zero-order valence-electron chi connectivity index (χ0n) is 63.6. The van der Waals surface area contributed by atoms with Crippen LogP contribution in [-0.2, 0) is 47.7 Å². The van der Waals surface area contributed by atoms with E-state index in [4.69, 9.17) is 23.7 Å². The number of hydrogen-bond donors (Lipinski definition) is 1. The summed E-state index contributed by atoms with van der Waals surface area (Å²) in [6.07, 6.45) is 9.87. The van der Waals surface area contributed by atoms with Gasteiger partial charge < -0.3 is 33.5 Å². The number of quaternary nitrogens is 1. The summed E-state index contributed by atoms with van der Waals surface area (Å²) in [4.78, 5) is 88.4. The minimum Gasteiger partial charge on any atom is -0.461 e. The predicted molar refractivity (Wildman–Crippen MR) is 370 cm³/mol. The molecule has 0 aromatic rings. The standard InChI is InChI=1S/C74H139N8O10/c1-26-32-77-65(6,7)40-55(41-66(77,8)9)88-60(83)50-75-31-38-82(53-63(86)91-58-46-71(18,19)80(35-29-4)72(20,21)47-58,54-64(87)92-59-48-73(22,23)81(36-30-5)74(24,25)49-59)39-37-76(51-61(84)89-56-42-67(10,11)78(33-27-2)68(12,13)43-56)52-62(85)90-57-44-69(14,15)79(34-28-3)70(16,17)45-57/h55-59,75H,26-54H2,1-25H3/q+1. The van der Waals surface area contributed by atoms with E-state index in [1.807, 2.05) is 0 Å². The highest BCUT2D eigenvalue weighted by Gasteiger charge is 2.52. The first kappa shape index (κ1) is 79.7. The summed E-state index contributed by atoms with van der Waals surface area (Å²) in [5, 5.41) is 3.39. The van der Waals surface area contributed by atoms with Crippen molar-refractivity contribution in [2.24, 2.45) is 0 Å². The number of piperidine rings is 5. The van der Waals surface area contributed by atoms with E-state index < -0.39 is 36.1 Å². The van der Waals surface area contributed by atoms with E-state index in [2.05, 4.69) is 203 Å². The maximum Gasteiger partial charge on any atom is 0.362 e. The minimum absolute atomic E-state index is 0.0777. The Balaban J connectivity index is 1.55. The lowest BCUT2D eigenvalue weighted by Crippen LogP contribution is -2.64. The number of rotatable bonds is 31. The first-order valence-corrected chi connectivity index (χ1v) is 36.4. The van der Waals surface area contributed by atoms with Crippen molar-refractivity contribution >= 4 is 29.8 Å². The van der Waals surface area contributed by atoms with E-state index in [-0.39, 0.29) is 143 Å². The molecule has 0 unspecified atom stereocenters. The maximum atomic E-state index is 15.2. The number of carbonyl (C=O) groups is 5. The van der Waals surface area contributed by atoms with Gasteiger partial charge in [0.05, 0.1) is 32.7 Å². The van der Waals surface area contributed by atoms with Gasteiger partial charge in [-0.15, -0.1) is 0 Å². The van der Waals surface area contributed by atoms with Crippen LogP contribution in [0.4, 0.5) is 0 Å². The normalized spacial score (nSPS) is 24.7. The Hall–Kier alpha value is -2.97. The smallest absolute Gasteiger partial charge is 0.362 e. The van der Waals surface area contributed by atoms with Gasteiger partial charge in [0.15, 0.2) is 13.1 Å². The molecule has 0 bridgehead atoms. The molecule has 92 heavy (non-hydrogen) atoms. The number of nitrogens with zero attached hydrogens (tertiary/aromatic N) is 7. The molecule has 534 valence electrons. The van der Waals surface area contributed by atoms with Crippen molar-refractivity contribution in [3.8, 4) is 0 Å². The molecular formula is C74H139N8O10+. The van der Waals surface area contributed by atoms with Gasteiger partial charge in [0.1, 0.15) is 30.5 Å². The molecule has 5 rings (SSSR count).